The van der Waals surface area contributed by atoms with Crippen molar-refractivity contribution in [1.82, 2.24) is 10.3 Å². The van der Waals surface area contributed by atoms with Crippen molar-refractivity contribution in [2.75, 3.05) is 13.7 Å². The predicted molar refractivity (Wildman–Crippen MR) is 77.3 cm³/mol. The van der Waals surface area contributed by atoms with Crippen LogP contribution in [0.1, 0.15) is 30.6 Å². The number of nitrogens with zero attached hydrogens (tertiary/aromatic N) is 1. The summed E-state index contributed by atoms with van der Waals surface area (Å²) in [4.78, 5) is 4.24. The van der Waals surface area contributed by atoms with E-state index in [9.17, 15) is 8.78 Å². The zero-order valence-corrected chi connectivity index (χ0v) is 12.1. The number of rotatable bonds is 6. The van der Waals surface area contributed by atoms with Gasteiger partial charge in [0.05, 0.1) is 13.2 Å². The average molecular weight is 292 g/mol. The Labute approximate surface area is 123 Å². The fourth-order valence-corrected chi connectivity index (χ4v) is 2.20. The summed E-state index contributed by atoms with van der Waals surface area (Å²) in [6.45, 7) is 2.59. The summed E-state index contributed by atoms with van der Waals surface area (Å²) in [5.41, 5.74) is 0.431. The molecule has 1 N–H and O–H groups in total. The second-order valence-electron chi connectivity index (χ2n) is 4.61. The standard InChI is InChI=1S/C16H18F2N2O/c1-3-9-19-16(14-11(17)6-4-7-12(14)18)15-13(21-2)8-5-10-20-15/h4-8,10,16,19H,3,9H2,1-2H3. The van der Waals surface area contributed by atoms with Crippen molar-refractivity contribution < 1.29 is 13.5 Å². The molecule has 2 rings (SSSR count). The highest BCUT2D eigenvalue weighted by Gasteiger charge is 2.25. The van der Waals surface area contributed by atoms with Crippen LogP contribution in [0.2, 0.25) is 0 Å². The van der Waals surface area contributed by atoms with E-state index in [1.807, 2.05) is 6.92 Å². The van der Waals surface area contributed by atoms with E-state index in [0.717, 1.165) is 6.42 Å². The molecule has 0 bridgehead atoms. The SMILES string of the molecule is CCCNC(c1ncccc1OC)c1c(F)cccc1F. The molecule has 0 saturated carbocycles. The third-order valence-corrected chi connectivity index (χ3v) is 3.18. The summed E-state index contributed by atoms with van der Waals surface area (Å²) in [5, 5.41) is 3.14. The Morgan fingerprint density at radius 1 is 1.19 bits per heavy atom. The molecule has 0 aliphatic carbocycles. The van der Waals surface area contributed by atoms with Crippen LogP contribution in [0.25, 0.3) is 0 Å². The van der Waals surface area contributed by atoms with Crippen LogP contribution in [-0.4, -0.2) is 18.6 Å². The maximum Gasteiger partial charge on any atom is 0.142 e. The number of aromatic nitrogens is 1. The zero-order valence-electron chi connectivity index (χ0n) is 12.1. The Balaban J connectivity index is 2.53. The van der Waals surface area contributed by atoms with Crippen molar-refractivity contribution in [1.29, 1.82) is 0 Å². The lowest BCUT2D eigenvalue weighted by Crippen LogP contribution is -2.26. The first-order valence-corrected chi connectivity index (χ1v) is 6.85. The monoisotopic (exact) mass is 292 g/mol. The van der Waals surface area contributed by atoms with Gasteiger partial charge in [-0.1, -0.05) is 13.0 Å². The van der Waals surface area contributed by atoms with Gasteiger partial charge in [0.25, 0.3) is 0 Å². The van der Waals surface area contributed by atoms with Crippen molar-refractivity contribution in [3.63, 3.8) is 0 Å². The lowest BCUT2D eigenvalue weighted by Gasteiger charge is -2.21. The van der Waals surface area contributed by atoms with Crippen molar-refractivity contribution in [2.45, 2.75) is 19.4 Å². The normalized spacial score (nSPS) is 12.2. The van der Waals surface area contributed by atoms with E-state index in [-0.39, 0.29) is 5.56 Å². The van der Waals surface area contributed by atoms with Crippen LogP contribution in [0.3, 0.4) is 0 Å². The minimum Gasteiger partial charge on any atom is -0.495 e. The molecule has 1 atom stereocenters. The molecule has 0 radical (unpaired) electrons. The van der Waals surface area contributed by atoms with Crippen molar-refractivity contribution in [2.24, 2.45) is 0 Å². The van der Waals surface area contributed by atoms with Crippen LogP contribution in [0.15, 0.2) is 36.5 Å². The van der Waals surface area contributed by atoms with Crippen molar-refractivity contribution in [3.8, 4) is 5.75 Å². The fourth-order valence-electron chi connectivity index (χ4n) is 2.20. The van der Waals surface area contributed by atoms with Crippen molar-refractivity contribution >= 4 is 0 Å². The Bertz CT molecular complexity index is 584. The summed E-state index contributed by atoms with van der Waals surface area (Å²) in [6.07, 6.45) is 2.42. The minimum atomic E-state index is -0.692. The van der Waals surface area contributed by atoms with Gasteiger partial charge in [-0.15, -0.1) is 0 Å². The highest BCUT2D eigenvalue weighted by atomic mass is 19.1. The van der Waals surface area contributed by atoms with E-state index in [0.29, 0.717) is 18.0 Å². The molecule has 0 amide bonds. The molecule has 5 heteroatoms. The van der Waals surface area contributed by atoms with Gasteiger partial charge < -0.3 is 10.1 Å². The minimum absolute atomic E-state index is 0.0389. The number of benzene rings is 1. The number of ether oxygens (including phenoxy) is 1. The first-order valence-electron chi connectivity index (χ1n) is 6.85. The van der Waals surface area contributed by atoms with E-state index in [4.69, 9.17) is 4.74 Å². The van der Waals surface area contributed by atoms with Gasteiger partial charge in [-0.2, -0.15) is 0 Å². The lowest BCUT2D eigenvalue weighted by molar-refractivity contribution is 0.396. The van der Waals surface area contributed by atoms with E-state index in [2.05, 4.69) is 10.3 Å². The molecule has 0 fully saturated rings. The molecule has 1 aromatic carbocycles. The maximum atomic E-state index is 14.1. The molecular formula is C16H18F2N2O. The van der Waals surface area contributed by atoms with Crippen LogP contribution >= 0.6 is 0 Å². The first-order chi connectivity index (χ1) is 10.2. The van der Waals surface area contributed by atoms with E-state index >= 15 is 0 Å². The van der Waals surface area contributed by atoms with Gasteiger partial charge in [0, 0.05) is 11.8 Å². The molecule has 1 heterocycles. The van der Waals surface area contributed by atoms with E-state index in [1.54, 1.807) is 18.3 Å². The fraction of sp³-hybridized carbons (Fsp3) is 0.312. The molecule has 3 nitrogen and oxygen atoms in total. The van der Waals surface area contributed by atoms with Crippen LogP contribution < -0.4 is 10.1 Å². The Hall–Kier alpha value is -2.01. The lowest BCUT2D eigenvalue weighted by atomic mass is 10.0. The summed E-state index contributed by atoms with van der Waals surface area (Å²) in [5.74, 6) is -0.707. The smallest absolute Gasteiger partial charge is 0.142 e. The van der Waals surface area contributed by atoms with Crippen LogP contribution in [0.4, 0.5) is 8.78 Å². The largest absolute Gasteiger partial charge is 0.495 e. The Kier molecular flexibility index (Phi) is 5.22. The topological polar surface area (TPSA) is 34.2 Å². The second-order valence-corrected chi connectivity index (χ2v) is 4.61. The zero-order chi connectivity index (χ0) is 15.2. The number of hydrogen-bond donors (Lipinski definition) is 1. The van der Waals surface area contributed by atoms with Gasteiger partial charge in [-0.25, -0.2) is 8.78 Å². The number of methoxy groups -OCH3 is 1. The van der Waals surface area contributed by atoms with Crippen LogP contribution in [0, 0.1) is 11.6 Å². The summed E-state index contributed by atoms with van der Waals surface area (Å²) < 4.78 is 33.5. The first kappa shape index (κ1) is 15.4. The highest BCUT2D eigenvalue weighted by Crippen LogP contribution is 2.31. The molecule has 1 unspecified atom stereocenters. The average Bonchev–Trinajstić information content (AvgIpc) is 2.50. The van der Waals surface area contributed by atoms with Gasteiger partial charge in [-0.05, 0) is 37.2 Å². The highest BCUT2D eigenvalue weighted by molar-refractivity contribution is 5.38. The number of hydrogen-bond acceptors (Lipinski definition) is 3. The summed E-state index contributed by atoms with van der Waals surface area (Å²) >= 11 is 0. The second kappa shape index (κ2) is 7.13. The number of pyridine rings is 1. The van der Waals surface area contributed by atoms with E-state index < -0.39 is 17.7 Å². The third-order valence-electron chi connectivity index (χ3n) is 3.18. The van der Waals surface area contributed by atoms with Crippen molar-refractivity contribution in [3.05, 3.63) is 59.4 Å². The maximum absolute atomic E-state index is 14.1. The molecule has 112 valence electrons. The number of nitrogens with one attached hydrogen (secondary N) is 1. The van der Waals surface area contributed by atoms with Gasteiger partial charge in [-0.3, -0.25) is 4.98 Å². The molecule has 0 aliphatic rings. The predicted octanol–water partition coefficient (Wildman–Crippen LogP) is 3.46. The molecule has 21 heavy (non-hydrogen) atoms. The summed E-state index contributed by atoms with van der Waals surface area (Å²) in [6, 6.07) is 6.59. The number of halogens is 2. The third kappa shape index (κ3) is 3.36. The molecule has 2 aromatic rings. The van der Waals surface area contributed by atoms with Crippen LogP contribution in [-0.2, 0) is 0 Å². The quantitative estimate of drug-likeness (QED) is 0.885. The van der Waals surface area contributed by atoms with Gasteiger partial charge in [0.2, 0.25) is 0 Å². The van der Waals surface area contributed by atoms with Crippen LogP contribution in [0.5, 0.6) is 5.75 Å². The molecule has 0 saturated heterocycles. The van der Waals surface area contributed by atoms with Gasteiger partial charge >= 0.3 is 0 Å². The summed E-state index contributed by atoms with van der Waals surface area (Å²) in [7, 11) is 1.51. The van der Waals surface area contributed by atoms with Gasteiger partial charge in [0.1, 0.15) is 23.1 Å². The Morgan fingerprint density at radius 2 is 1.90 bits per heavy atom. The van der Waals surface area contributed by atoms with Gasteiger partial charge in [0.15, 0.2) is 0 Å². The molecule has 0 aliphatic heterocycles. The molecule has 1 aromatic heterocycles. The molecular weight excluding hydrogens is 274 g/mol. The van der Waals surface area contributed by atoms with E-state index in [1.165, 1.54) is 25.3 Å². The molecule has 0 spiro atoms. The Morgan fingerprint density at radius 3 is 2.52 bits per heavy atom.